The maximum absolute atomic E-state index is 11.4. The van der Waals surface area contributed by atoms with E-state index < -0.39 is 11.9 Å². The van der Waals surface area contributed by atoms with E-state index in [9.17, 15) is 19.8 Å². The molecule has 9 heteroatoms. The molecule has 8 nitrogen and oxygen atoms in total. The third kappa shape index (κ3) is 5.74. The molecule has 200 valence electrons. The predicted molar refractivity (Wildman–Crippen MR) is 147 cm³/mol. The number of rotatable bonds is 6. The number of carboxylic acids is 2. The molecule has 5 rings (SSSR count). The van der Waals surface area contributed by atoms with E-state index in [2.05, 4.69) is 0 Å². The summed E-state index contributed by atoms with van der Waals surface area (Å²) in [6, 6.07) is 9.66. The number of allylic oxidation sites excluding steroid dienone is 3. The molecule has 0 saturated heterocycles. The Kier molecular flexibility index (Phi) is 7.94. The summed E-state index contributed by atoms with van der Waals surface area (Å²) in [7, 11) is 0. The van der Waals surface area contributed by atoms with Crippen LogP contribution in [0.3, 0.4) is 0 Å². The molecule has 0 saturated carbocycles. The number of nitrogens with zero attached hydrogens (tertiary/aromatic N) is 4. The van der Waals surface area contributed by atoms with E-state index in [1.807, 2.05) is 64.1 Å². The minimum atomic E-state index is -0.882. The van der Waals surface area contributed by atoms with Gasteiger partial charge < -0.3 is 20.2 Å². The third-order valence-corrected chi connectivity index (χ3v) is 7.10. The molecule has 5 heterocycles. The van der Waals surface area contributed by atoms with Gasteiger partial charge in [0.15, 0.2) is 0 Å². The van der Waals surface area contributed by atoms with Crippen LogP contribution in [0.15, 0.2) is 30.3 Å². The first-order valence-electron chi connectivity index (χ1n) is 12.5. The maximum Gasteiger partial charge on any atom is 3.00 e. The summed E-state index contributed by atoms with van der Waals surface area (Å²) >= 11 is 0. The van der Waals surface area contributed by atoms with E-state index in [0.717, 1.165) is 67.0 Å². The molecule has 0 radical (unpaired) electrons. The topological polar surface area (TPSA) is 129 Å². The van der Waals surface area contributed by atoms with E-state index in [0.29, 0.717) is 24.1 Å². The number of aryl methyl sites for hydroxylation is 3. The van der Waals surface area contributed by atoms with E-state index in [1.165, 1.54) is 0 Å². The summed E-state index contributed by atoms with van der Waals surface area (Å²) in [5.41, 5.74) is 11.4. The van der Waals surface area contributed by atoms with Gasteiger partial charge in [0.1, 0.15) is 0 Å². The molecule has 8 bridgehead atoms. The molecule has 3 aromatic rings. The number of carboxylic acid groups (broad SMARTS) is 2. The van der Waals surface area contributed by atoms with Crippen LogP contribution < -0.4 is 9.97 Å². The van der Waals surface area contributed by atoms with E-state index in [-0.39, 0.29) is 29.6 Å². The summed E-state index contributed by atoms with van der Waals surface area (Å²) in [5.74, 6) is -1.76. The maximum atomic E-state index is 11.4. The second-order valence-corrected chi connectivity index (χ2v) is 9.84. The molecule has 3 aromatic heterocycles. The number of hydrogen-bond donors (Lipinski definition) is 2. The van der Waals surface area contributed by atoms with Gasteiger partial charge in [0, 0.05) is 12.8 Å². The van der Waals surface area contributed by atoms with Crippen molar-refractivity contribution < 1.29 is 36.6 Å². The van der Waals surface area contributed by atoms with Gasteiger partial charge >= 0.3 is 28.7 Å². The standard InChI is InChI=1S/C30H30N4O4.Co/c1-15-9-20-12-25-17(3)21(5-7-29(35)36)27(33-25)14-28-22(6-8-30(37)38)18(4)26(34-28)13-24-16(2)10-19(32-24)11-23(15)31-20;/h9-14H,5-8H2,1-4H3,(H4,31,32,33,34,35,36,37,38);/q;+3/p-2. The van der Waals surface area contributed by atoms with Crippen molar-refractivity contribution in [3.63, 3.8) is 0 Å². The van der Waals surface area contributed by atoms with Gasteiger partial charge in [-0.2, -0.15) is 0 Å². The fraction of sp³-hybridized carbons (Fsp3) is 0.267. The zero-order valence-corrected chi connectivity index (χ0v) is 23.2. The van der Waals surface area contributed by atoms with Crippen LogP contribution in [-0.2, 0) is 32.8 Å². The van der Waals surface area contributed by atoms with Gasteiger partial charge in [0.05, 0.1) is 22.8 Å². The molecule has 0 aromatic carbocycles. The minimum absolute atomic E-state index is 0. The van der Waals surface area contributed by atoms with E-state index in [1.54, 1.807) is 0 Å². The van der Waals surface area contributed by atoms with Crippen LogP contribution >= 0.6 is 0 Å². The fourth-order valence-electron chi connectivity index (χ4n) is 4.96. The summed E-state index contributed by atoms with van der Waals surface area (Å²) in [6.45, 7) is 7.89. The summed E-state index contributed by atoms with van der Waals surface area (Å²) < 4.78 is 0. The molecule has 0 amide bonds. The molecular formula is C30H28CoN4O4+. The number of hydrogen-bond acceptors (Lipinski definition) is 4. The fourth-order valence-corrected chi connectivity index (χ4v) is 4.96. The van der Waals surface area contributed by atoms with Crippen molar-refractivity contribution in [2.24, 2.45) is 0 Å². The smallest absolute Gasteiger partial charge is 0.658 e. The average Bonchev–Trinajstić information content (AvgIpc) is 3.53. The quantitative estimate of drug-likeness (QED) is 0.396. The molecule has 0 fully saturated rings. The SMILES string of the molecule is CC1=Cc2cc3[n-]c(cc4nc(cc5[n-]c(cc1n2)c(C)c5CCC(=O)O)C(CCC(=O)O)=C4C)cc3C.[Co+3]. The van der Waals surface area contributed by atoms with Gasteiger partial charge in [-0.15, -0.1) is 22.1 Å². The largest absolute Gasteiger partial charge is 3.00 e. The van der Waals surface area contributed by atoms with E-state index in [4.69, 9.17) is 19.9 Å². The van der Waals surface area contributed by atoms with Crippen LogP contribution in [-0.4, -0.2) is 32.1 Å². The summed E-state index contributed by atoms with van der Waals surface area (Å²) in [5, 5.41) is 18.7. The van der Waals surface area contributed by atoms with Gasteiger partial charge in [-0.1, -0.05) is 47.0 Å². The van der Waals surface area contributed by atoms with Crippen LogP contribution in [0.2, 0.25) is 0 Å². The Morgan fingerprint density at radius 3 is 2.18 bits per heavy atom. The summed E-state index contributed by atoms with van der Waals surface area (Å²) in [4.78, 5) is 42.2. The van der Waals surface area contributed by atoms with Crippen LogP contribution in [0, 0.1) is 13.8 Å². The third-order valence-electron chi connectivity index (χ3n) is 7.10. The number of carbonyl (C=O) groups is 2. The van der Waals surface area contributed by atoms with Gasteiger partial charge in [-0.25, -0.2) is 9.97 Å². The van der Waals surface area contributed by atoms with Crippen molar-refractivity contribution in [1.82, 2.24) is 19.9 Å². The first kappa shape index (κ1) is 28.1. The minimum Gasteiger partial charge on any atom is -0.658 e. The Balaban J connectivity index is 0.00000353. The first-order chi connectivity index (χ1) is 18.1. The zero-order chi connectivity index (χ0) is 27.1. The van der Waals surface area contributed by atoms with Crippen molar-refractivity contribution in [3.8, 4) is 0 Å². The summed E-state index contributed by atoms with van der Waals surface area (Å²) in [6.07, 6.45) is 2.61. The molecule has 0 atom stereocenters. The molecule has 0 spiro atoms. The Bertz CT molecular complexity index is 1730. The van der Waals surface area contributed by atoms with Crippen molar-refractivity contribution in [1.29, 1.82) is 0 Å². The molecule has 2 aliphatic heterocycles. The predicted octanol–water partition coefficient (Wildman–Crippen LogP) is 5.56. The van der Waals surface area contributed by atoms with Crippen LogP contribution in [0.1, 0.15) is 72.6 Å². The second kappa shape index (κ2) is 11.0. The Morgan fingerprint density at radius 2 is 1.46 bits per heavy atom. The van der Waals surface area contributed by atoms with Crippen molar-refractivity contribution in [3.05, 3.63) is 69.8 Å². The molecule has 2 N–H and O–H groups in total. The van der Waals surface area contributed by atoms with Gasteiger partial charge in [0.25, 0.3) is 0 Å². The van der Waals surface area contributed by atoms with Gasteiger partial charge in [-0.3, -0.25) is 9.59 Å². The molecule has 39 heavy (non-hydrogen) atoms. The van der Waals surface area contributed by atoms with Crippen LogP contribution in [0.4, 0.5) is 0 Å². The first-order valence-corrected chi connectivity index (χ1v) is 12.5. The zero-order valence-electron chi connectivity index (χ0n) is 22.1. The van der Waals surface area contributed by atoms with Gasteiger partial charge in [0.2, 0.25) is 0 Å². The van der Waals surface area contributed by atoms with E-state index >= 15 is 0 Å². The monoisotopic (exact) mass is 567 g/mol. The van der Waals surface area contributed by atoms with Crippen molar-refractivity contribution in [2.75, 3.05) is 0 Å². The molecular weight excluding hydrogens is 539 g/mol. The Labute approximate surface area is 236 Å². The Hall–Kier alpha value is -3.95. The van der Waals surface area contributed by atoms with Crippen LogP contribution in [0.5, 0.6) is 0 Å². The number of aromatic nitrogens is 4. The second-order valence-electron chi connectivity index (χ2n) is 9.84. The molecule has 0 aliphatic carbocycles. The Morgan fingerprint density at radius 1 is 0.769 bits per heavy atom. The number of fused-ring (bicyclic) bond motifs is 8. The molecule has 0 unspecified atom stereocenters. The average molecular weight is 568 g/mol. The normalized spacial score (nSPS) is 12.8. The van der Waals surface area contributed by atoms with Crippen molar-refractivity contribution >= 4 is 56.8 Å². The number of aliphatic carboxylic acids is 2. The molecule has 2 aliphatic rings. The van der Waals surface area contributed by atoms with Gasteiger partial charge in [-0.05, 0) is 63.3 Å². The van der Waals surface area contributed by atoms with Crippen LogP contribution in [0.25, 0.3) is 44.9 Å². The van der Waals surface area contributed by atoms with Crippen molar-refractivity contribution in [2.45, 2.75) is 53.4 Å².